The minimum absolute atomic E-state index is 0.358. The zero-order chi connectivity index (χ0) is 13.5. The van der Waals surface area contributed by atoms with Crippen LogP contribution in [-0.4, -0.2) is 43.3 Å². The van der Waals surface area contributed by atoms with Gasteiger partial charge in [0.05, 0.1) is 0 Å². The highest BCUT2D eigenvalue weighted by atomic mass is 16.3. The van der Waals surface area contributed by atoms with Gasteiger partial charge in [-0.2, -0.15) is 0 Å². The van der Waals surface area contributed by atoms with Gasteiger partial charge in [0.2, 0.25) is 0 Å². The third kappa shape index (κ3) is 4.30. The summed E-state index contributed by atoms with van der Waals surface area (Å²) in [7, 11) is 2.04. The van der Waals surface area contributed by atoms with Crippen LogP contribution < -0.4 is 5.32 Å². The van der Waals surface area contributed by atoms with E-state index >= 15 is 0 Å². The van der Waals surface area contributed by atoms with Gasteiger partial charge in [-0.3, -0.25) is 0 Å². The standard InChI is InChI=1S/C16H26N2O/c1-17-16(15-5-3-2-4-6-15)9-12-18-10-7-14(13-19)8-11-18/h2-6,14,16-17,19H,7-13H2,1H3. The number of benzene rings is 1. The van der Waals surface area contributed by atoms with E-state index in [0.29, 0.717) is 18.6 Å². The molecule has 1 fully saturated rings. The molecule has 3 heteroatoms. The quantitative estimate of drug-likeness (QED) is 0.823. The second-order valence-corrected chi connectivity index (χ2v) is 5.51. The molecule has 0 spiro atoms. The minimum atomic E-state index is 0.358. The molecule has 106 valence electrons. The molecule has 3 nitrogen and oxygen atoms in total. The summed E-state index contributed by atoms with van der Waals surface area (Å²) >= 11 is 0. The van der Waals surface area contributed by atoms with Crippen LogP contribution in [0.3, 0.4) is 0 Å². The molecule has 1 saturated heterocycles. The Bertz CT molecular complexity index is 347. The maximum Gasteiger partial charge on any atom is 0.0460 e. The summed E-state index contributed by atoms with van der Waals surface area (Å²) in [6, 6.07) is 11.1. The SMILES string of the molecule is CNC(CCN1CCC(CO)CC1)c1ccccc1. The molecule has 0 aliphatic carbocycles. The van der Waals surface area contributed by atoms with E-state index in [1.54, 1.807) is 0 Å². The summed E-state index contributed by atoms with van der Waals surface area (Å²) in [6.45, 7) is 3.77. The van der Waals surface area contributed by atoms with Gasteiger partial charge in [-0.1, -0.05) is 30.3 Å². The Kier molecular flexibility index (Phi) is 5.83. The molecule has 0 radical (unpaired) electrons. The first-order valence-electron chi connectivity index (χ1n) is 7.39. The Labute approximate surface area is 116 Å². The molecular weight excluding hydrogens is 236 g/mol. The Morgan fingerprint density at radius 2 is 1.95 bits per heavy atom. The number of nitrogens with one attached hydrogen (secondary N) is 1. The van der Waals surface area contributed by atoms with E-state index in [9.17, 15) is 0 Å². The number of nitrogens with zero attached hydrogens (tertiary/aromatic N) is 1. The first kappa shape index (κ1) is 14.5. The predicted molar refractivity (Wildman–Crippen MR) is 79.1 cm³/mol. The van der Waals surface area contributed by atoms with Crippen LogP contribution in [0.4, 0.5) is 0 Å². The first-order valence-corrected chi connectivity index (χ1v) is 7.39. The lowest BCUT2D eigenvalue weighted by Crippen LogP contribution is -2.36. The van der Waals surface area contributed by atoms with Gasteiger partial charge in [0, 0.05) is 12.6 Å². The Morgan fingerprint density at radius 3 is 2.53 bits per heavy atom. The van der Waals surface area contributed by atoms with Gasteiger partial charge in [-0.15, -0.1) is 0 Å². The third-order valence-corrected chi connectivity index (χ3v) is 4.25. The molecule has 2 N–H and O–H groups in total. The Morgan fingerprint density at radius 1 is 1.26 bits per heavy atom. The molecule has 19 heavy (non-hydrogen) atoms. The van der Waals surface area contributed by atoms with Crippen molar-refractivity contribution in [1.82, 2.24) is 10.2 Å². The fraction of sp³-hybridized carbons (Fsp3) is 0.625. The van der Waals surface area contributed by atoms with Crippen LogP contribution in [-0.2, 0) is 0 Å². The van der Waals surface area contributed by atoms with E-state index in [2.05, 4.69) is 40.5 Å². The van der Waals surface area contributed by atoms with E-state index < -0.39 is 0 Å². The molecule has 1 atom stereocenters. The van der Waals surface area contributed by atoms with Gasteiger partial charge < -0.3 is 15.3 Å². The van der Waals surface area contributed by atoms with Gasteiger partial charge in [-0.05, 0) is 57.4 Å². The second-order valence-electron chi connectivity index (χ2n) is 5.51. The number of piperidine rings is 1. The van der Waals surface area contributed by atoms with Crippen molar-refractivity contribution in [3.63, 3.8) is 0 Å². The van der Waals surface area contributed by atoms with E-state index in [1.807, 2.05) is 7.05 Å². The Hall–Kier alpha value is -0.900. The molecule has 1 unspecified atom stereocenters. The topological polar surface area (TPSA) is 35.5 Å². The van der Waals surface area contributed by atoms with Crippen molar-refractivity contribution in [2.75, 3.05) is 33.3 Å². The average Bonchev–Trinajstić information content (AvgIpc) is 2.49. The van der Waals surface area contributed by atoms with Gasteiger partial charge in [0.15, 0.2) is 0 Å². The van der Waals surface area contributed by atoms with Crippen LogP contribution in [0.1, 0.15) is 30.9 Å². The van der Waals surface area contributed by atoms with Gasteiger partial charge in [0.1, 0.15) is 0 Å². The summed E-state index contributed by atoms with van der Waals surface area (Å²) in [6.07, 6.45) is 3.43. The molecule has 1 aromatic rings. The molecule has 0 aromatic heterocycles. The predicted octanol–water partition coefficient (Wildman–Crippen LogP) is 2.04. The molecule has 1 aromatic carbocycles. The van der Waals surface area contributed by atoms with E-state index in [-0.39, 0.29) is 0 Å². The molecule has 2 rings (SSSR count). The smallest absolute Gasteiger partial charge is 0.0460 e. The number of likely N-dealkylation sites (tertiary alicyclic amines) is 1. The lowest BCUT2D eigenvalue weighted by atomic mass is 9.97. The Balaban J connectivity index is 1.78. The van der Waals surface area contributed by atoms with Crippen LogP contribution >= 0.6 is 0 Å². The zero-order valence-electron chi connectivity index (χ0n) is 11.9. The van der Waals surface area contributed by atoms with Crippen LogP contribution in [0.15, 0.2) is 30.3 Å². The van der Waals surface area contributed by atoms with Gasteiger partial charge >= 0.3 is 0 Å². The van der Waals surface area contributed by atoms with Crippen molar-refractivity contribution >= 4 is 0 Å². The summed E-state index contributed by atoms with van der Waals surface area (Å²) in [5.41, 5.74) is 1.37. The fourth-order valence-corrected chi connectivity index (χ4v) is 2.87. The maximum atomic E-state index is 9.15. The number of hydrogen-bond acceptors (Lipinski definition) is 3. The van der Waals surface area contributed by atoms with Crippen molar-refractivity contribution in [2.45, 2.75) is 25.3 Å². The summed E-state index contributed by atoms with van der Waals surface area (Å²) in [4.78, 5) is 2.53. The summed E-state index contributed by atoms with van der Waals surface area (Å²) in [5.74, 6) is 0.533. The zero-order valence-corrected chi connectivity index (χ0v) is 11.9. The van der Waals surface area contributed by atoms with Crippen LogP contribution in [0, 0.1) is 5.92 Å². The van der Waals surface area contributed by atoms with Gasteiger partial charge in [-0.25, -0.2) is 0 Å². The third-order valence-electron chi connectivity index (χ3n) is 4.25. The van der Waals surface area contributed by atoms with Crippen molar-refractivity contribution < 1.29 is 5.11 Å². The van der Waals surface area contributed by atoms with Crippen LogP contribution in [0.2, 0.25) is 0 Å². The summed E-state index contributed by atoms with van der Waals surface area (Å²) < 4.78 is 0. The molecule has 0 saturated carbocycles. The second kappa shape index (κ2) is 7.63. The molecule has 1 heterocycles. The fourth-order valence-electron chi connectivity index (χ4n) is 2.87. The molecule has 0 amide bonds. The number of aliphatic hydroxyl groups is 1. The van der Waals surface area contributed by atoms with Gasteiger partial charge in [0.25, 0.3) is 0 Å². The molecule has 1 aliphatic rings. The van der Waals surface area contributed by atoms with Crippen molar-refractivity contribution in [2.24, 2.45) is 5.92 Å². The normalized spacial score (nSPS) is 19.5. The molecular formula is C16H26N2O. The number of rotatable bonds is 6. The lowest BCUT2D eigenvalue weighted by Gasteiger charge is -2.32. The highest BCUT2D eigenvalue weighted by molar-refractivity contribution is 5.18. The first-order chi connectivity index (χ1) is 9.33. The van der Waals surface area contributed by atoms with Crippen LogP contribution in [0.25, 0.3) is 0 Å². The van der Waals surface area contributed by atoms with Crippen molar-refractivity contribution in [3.8, 4) is 0 Å². The molecule has 1 aliphatic heterocycles. The van der Waals surface area contributed by atoms with Crippen LogP contribution in [0.5, 0.6) is 0 Å². The van der Waals surface area contributed by atoms with E-state index in [0.717, 1.165) is 38.9 Å². The van der Waals surface area contributed by atoms with E-state index in [1.165, 1.54) is 5.56 Å². The molecule has 0 bridgehead atoms. The largest absolute Gasteiger partial charge is 0.396 e. The number of aliphatic hydroxyl groups excluding tert-OH is 1. The highest BCUT2D eigenvalue weighted by Crippen LogP contribution is 2.20. The maximum absolute atomic E-state index is 9.15. The van der Waals surface area contributed by atoms with Crippen molar-refractivity contribution in [1.29, 1.82) is 0 Å². The lowest BCUT2D eigenvalue weighted by molar-refractivity contribution is 0.128. The average molecular weight is 262 g/mol. The minimum Gasteiger partial charge on any atom is -0.396 e. The highest BCUT2D eigenvalue weighted by Gasteiger charge is 2.19. The summed E-state index contributed by atoms with van der Waals surface area (Å²) in [5, 5.41) is 12.6. The van der Waals surface area contributed by atoms with E-state index in [4.69, 9.17) is 5.11 Å². The number of hydrogen-bond donors (Lipinski definition) is 2. The monoisotopic (exact) mass is 262 g/mol. The van der Waals surface area contributed by atoms with Crippen molar-refractivity contribution in [3.05, 3.63) is 35.9 Å².